The molecule has 36 heavy (non-hydrogen) atoms. The maximum atomic E-state index is 12.9. The number of carbonyl (C=O) groups excluding carboxylic acids is 2. The lowest BCUT2D eigenvalue weighted by Gasteiger charge is -2.27. The zero-order valence-corrected chi connectivity index (χ0v) is 22.7. The fraction of sp³-hybridized carbons (Fsp3) is 0.556. The average molecular weight is 526 g/mol. The van der Waals surface area contributed by atoms with Crippen molar-refractivity contribution in [3.8, 4) is 5.75 Å². The highest BCUT2D eigenvalue weighted by molar-refractivity contribution is 6.32. The Hall–Kier alpha value is -2.23. The lowest BCUT2D eigenvalue weighted by molar-refractivity contribution is -0.142. The van der Waals surface area contributed by atoms with E-state index in [4.69, 9.17) is 21.1 Å². The first-order valence-corrected chi connectivity index (χ1v) is 12.5. The molecule has 6 atom stereocenters. The van der Waals surface area contributed by atoms with Crippen LogP contribution < -0.4 is 5.32 Å². The molecule has 0 fully saturated rings. The molecule has 0 bridgehead atoms. The number of phenolic OH excluding ortho intramolecular Hbond substituents is 1. The van der Waals surface area contributed by atoms with E-state index in [1.54, 1.807) is 26.0 Å². The van der Waals surface area contributed by atoms with Crippen molar-refractivity contribution < 1.29 is 34.4 Å². The molecule has 0 aliphatic rings. The number of phenols is 1. The quantitative estimate of drug-likeness (QED) is 0.256. The third kappa shape index (κ3) is 9.33. The molecule has 0 spiro atoms. The number of rotatable bonds is 15. The third-order valence-corrected chi connectivity index (χ3v) is 6.53. The minimum Gasteiger partial charge on any atom is -0.506 e. The molecule has 1 aromatic carbocycles. The molecule has 8 nitrogen and oxygen atoms in total. The number of hydrogen-bond acceptors (Lipinski definition) is 7. The highest BCUT2D eigenvalue weighted by Gasteiger charge is 2.33. The highest BCUT2D eigenvalue weighted by Crippen LogP contribution is 2.24. The number of benzene rings is 1. The van der Waals surface area contributed by atoms with Gasteiger partial charge in [-0.25, -0.2) is 0 Å². The van der Waals surface area contributed by atoms with E-state index in [0.717, 1.165) is 19.3 Å². The second-order valence-corrected chi connectivity index (χ2v) is 9.42. The van der Waals surface area contributed by atoms with E-state index in [1.165, 1.54) is 38.6 Å². The summed E-state index contributed by atoms with van der Waals surface area (Å²) in [4.78, 5) is 25.6. The Bertz CT molecular complexity index is 917. The van der Waals surface area contributed by atoms with Crippen molar-refractivity contribution in [1.82, 2.24) is 5.32 Å². The topological polar surface area (TPSA) is 125 Å². The van der Waals surface area contributed by atoms with Crippen LogP contribution in [0.5, 0.6) is 5.75 Å². The van der Waals surface area contributed by atoms with Gasteiger partial charge in [-0.1, -0.05) is 51.3 Å². The van der Waals surface area contributed by atoms with Crippen LogP contribution in [0.3, 0.4) is 0 Å². The normalized spacial score (nSPS) is 17.3. The molecule has 0 radical (unpaired) electrons. The van der Waals surface area contributed by atoms with Crippen LogP contribution in [-0.4, -0.2) is 65.6 Å². The second kappa shape index (κ2) is 15.8. The molecule has 0 unspecified atom stereocenters. The van der Waals surface area contributed by atoms with Gasteiger partial charge in [0.1, 0.15) is 18.0 Å². The van der Waals surface area contributed by atoms with E-state index in [0.29, 0.717) is 11.1 Å². The minimum atomic E-state index is -1.41. The molecule has 1 aromatic rings. The summed E-state index contributed by atoms with van der Waals surface area (Å²) in [7, 11) is 2.63. The van der Waals surface area contributed by atoms with Crippen LogP contribution in [0.2, 0.25) is 5.02 Å². The van der Waals surface area contributed by atoms with Gasteiger partial charge in [0.2, 0.25) is 0 Å². The maximum absolute atomic E-state index is 12.9. The zero-order valence-electron chi connectivity index (χ0n) is 21.9. The van der Waals surface area contributed by atoms with Gasteiger partial charge in [0.05, 0.1) is 11.1 Å². The number of halogens is 1. The smallest absolute Gasteiger partial charge is 0.255 e. The number of hydrogen-bond donors (Lipinski definition) is 4. The number of aliphatic hydroxyl groups is 2. The van der Waals surface area contributed by atoms with E-state index < -0.39 is 36.2 Å². The second-order valence-electron chi connectivity index (χ2n) is 9.01. The molecule has 1 amide bonds. The predicted molar refractivity (Wildman–Crippen MR) is 141 cm³/mol. The molecule has 4 N–H and O–H groups in total. The van der Waals surface area contributed by atoms with Crippen molar-refractivity contribution in [2.75, 3.05) is 14.2 Å². The molecular formula is C27H40ClNO7. The van der Waals surface area contributed by atoms with Gasteiger partial charge in [-0.15, -0.1) is 0 Å². The number of aromatic hydroxyl groups is 1. The predicted octanol–water partition coefficient (Wildman–Crippen LogP) is 3.86. The van der Waals surface area contributed by atoms with Crippen LogP contribution in [0.15, 0.2) is 36.0 Å². The summed E-state index contributed by atoms with van der Waals surface area (Å²) in [5.74, 6) is -1.58. The van der Waals surface area contributed by atoms with Gasteiger partial charge in [0.15, 0.2) is 11.9 Å². The van der Waals surface area contributed by atoms with E-state index in [2.05, 4.69) is 12.2 Å². The summed E-state index contributed by atoms with van der Waals surface area (Å²) >= 11 is 5.87. The van der Waals surface area contributed by atoms with Crippen LogP contribution in [-0.2, 0) is 19.1 Å². The Balaban J connectivity index is 2.88. The van der Waals surface area contributed by atoms with Crippen LogP contribution >= 0.6 is 11.6 Å². The van der Waals surface area contributed by atoms with Crippen LogP contribution in [0.4, 0.5) is 0 Å². The van der Waals surface area contributed by atoms with Crippen molar-refractivity contribution >= 4 is 29.4 Å². The first kappa shape index (κ1) is 31.8. The molecule has 0 heterocycles. The Labute approximate surface area is 219 Å². The highest BCUT2D eigenvalue weighted by atomic mass is 35.5. The number of Topliss-reactive ketones (excluding diaryl/α,β-unsaturated/α-hetero) is 1. The first-order valence-electron chi connectivity index (χ1n) is 12.1. The summed E-state index contributed by atoms with van der Waals surface area (Å²) in [6.07, 6.45) is 2.69. The zero-order chi connectivity index (χ0) is 27.4. The largest absolute Gasteiger partial charge is 0.506 e. The summed E-state index contributed by atoms with van der Waals surface area (Å²) in [5.41, 5.74) is 0.953. The van der Waals surface area contributed by atoms with Crippen molar-refractivity contribution in [1.29, 1.82) is 0 Å². The minimum absolute atomic E-state index is 0.0206. The summed E-state index contributed by atoms with van der Waals surface area (Å²) < 4.78 is 10.6. The number of amides is 1. The summed E-state index contributed by atoms with van der Waals surface area (Å²) in [5, 5.41) is 33.6. The summed E-state index contributed by atoms with van der Waals surface area (Å²) in [6.45, 7) is 7.28. The lowest BCUT2D eigenvalue weighted by atomic mass is 9.85. The number of methoxy groups -OCH3 is 2. The summed E-state index contributed by atoms with van der Waals surface area (Å²) in [6, 6.07) is 4.56. The van der Waals surface area contributed by atoms with Gasteiger partial charge < -0.3 is 30.1 Å². The number of aliphatic hydroxyl groups excluding tert-OH is 2. The van der Waals surface area contributed by atoms with E-state index in [-0.39, 0.29) is 22.5 Å². The lowest BCUT2D eigenvalue weighted by Crippen LogP contribution is -2.47. The van der Waals surface area contributed by atoms with E-state index >= 15 is 0 Å². The monoisotopic (exact) mass is 525 g/mol. The van der Waals surface area contributed by atoms with Gasteiger partial charge in [0, 0.05) is 26.3 Å². The molecule has 0 saturated heterocycles. The van der Waals surface area contributed by atoms with Gasteiger partial charge in [-0.05, 0) is 54.7 Å². The molecule has 0 saturated carbocycles. The van der Waals surface area contributed by atoms with Crippen molar-refractivity contribution in [3.05, 3.63) is 46.6 Å². The van der Waals surface area contributed by atoms with Gasteiger partial charge in [0.25, 0.3) is 5.91 Å². The Morgan fingerprint density at radius 3 is 2.36 bits per heavy atom. The van der Waals surface area contributed by atoms with Crippen LogP contribution in [0.1, 0.15) is 52.5 Å². The van der Waals surface area contributed by atoms with Crippen LogP contribution in [0, 0.1) is 11.8 Å². The van der Waals surface area contributed by atoms with Crippen molar-refractivity contribution in [3.63, 3.8) is 0 Å². The number of allylic oxidation sites excluding steroid dienone is 1. The SMILES string of the molecule is CCCC[C@@H](C)[C@@H](O)[C@H](C)C(=O)/C(C)=C/[C@@H](OC)[C@@H](O)[C@@H](OC)C(=O)N/C=C\c1ccc(O)c(Cl)c1. The molecule has 9 heteroatoms. The number of ether oxygens (including phenoxy) is 2. The molecule has 0 aromatic heterocycles. The van der Waals surface area contributed by atoms with Crippen LogP contribution in [0.25, 0.3) is 6.08 Å². The van der Waals surface area contributed by atoms with Gasteiger partial charge in [-0.3, -0.25) is 9.59 Å². The Morgan fingerprint density at radius 2 is 1.81 bits per heavy atom. The van der Waals surface area contributed by atoms with E-state index in [9.17, 15) is 24.9 Å². The molecular weight excluding hydrogens is 486 g/mol. The molecule has 1 rings (SSSR count). The number of nitrogens with one attached hydrogen (secondary N) is 1. The van der Waals surface area contributed by atoms with E-state index in [1.807, 2.05) is 6.92 Å². The number of unbranched alkanes of at least 4 members (excludes halogenated alkanes) is 1. The molecule has 0 aliphatic heterocycles. The maximum Gasteiger partial charge on any atom is 0.255 e. The van der Waals surface area contributed by atoms with Crippen molar-refractivity contribution in [2.45, 2.75) is 71.4 Å². The Morgan fingerprint density at radius 1 is 1.14 bits per heavy atom. The standard InChI is InChI=1S/C27H40ClNO7/c1-7-8-9-16(2)23(31)18(4)24(32)17(3)14-22(35-5)25(33)26(36-6)27(34)29-13-12-19-10-11-21(30)20(28)15-19/h10-16,18,22-23,25-26,30-31,33H,7-9H2,1-6H3,(H,29,34)/b13-12-,17-14+/t16-,18+,22-,23-,25-,26-/m1/s1. The Kier molecular flexibility index (Phi) is 13.9. The molecule has 0 aliphatic carbocycles. The number of ketones is 1. The van der Waals surface area contributed by atoms with Gasteiger partial charge >= 0.3 is 0 Å². The first-order chi connectivity index (χ1) is 17.0. The van der Waals surface area contributed by atoms with Gasteiger partial charge in [-0.2, -0.15) is 0 Å². The molecule has 202 valence electrons. The van der Waals surface area contributed by atoms with Crippen molar-refractivity contribution in [2.24, 2.45) is 11.8 Å². The fourth-order valence-corrected chi connectivity index (χ4v) is 4.03. The fourth-order valence-electron chi connectivity index (χ4n) is 3.84. The third-order valence-electron chi connectivity index (χ3n) is 6.23. The number of carbonyl (C=O) groups is 2. The average Bonchev–Trinajstić information content (AvgIpc) is 2.86.